The lowest BCUT2D eigenvalue weighted by molar-refractivity contribution is -0.185. The van der Waals surface area contributed by atoms with Crippen LogP contribution in [0.5, 0.6) is 0 Å². The molecule has 22 heavy (non-hydrogen) atoms. The average molecular weight is 373 g/mol. The number of alkyl halides is 1. The zero-order valence-corrected chi connectivity index (χ0v) is 15.3. The molecule has 4 nitrogen and oxygen atoms in total. The molecule has 1 saturated carbocycles. The van der Waals surface area contributed by atoms with E-state index in [-0.39, 0.29) is 35.1 Å². The maximum atomic E-state index is 11.7. The summed E-state index contributed by atoms with van der Waals surface area (Å²) in [6.45, 7) is 9.30. The van der Waals surface area contributed by atoms with E-state index in [0.29, 0.717) is 18.0 Å². The third-order valence-electron chi connectivity index (χ3n) is 5.53. The first-order chi connectivity index (χ1) is 10.2. The van der Waals surface area contributed by atoms with Crippen molar-refractivity contribution in [1.29, 1.82) is 0 Å². The van der Waals surface area contributed by atoms with Gasteiger partial charge in [0.1, 0.15) is 12.2 Å². The van der Waals surface area contributed by atoms with E-state index in [1.165, 1.54) is 6.92 Å². The van der Waals surface area contributed by atoms with Crippen LogP contribution < -0.4 is 0 Å². The van der Waals surface area contributed by atoms with Crippen molar-refractivity contribution in [2.75, 3.05) is 13.2 Å². The van der Waals surface area contributed by atoms with E-state index < -0.39 is 0 Å². The fraction of sp³-hybridized carbons (Fsp3) is 0.824. The molecule has 5 atom stereocenters. The number of carbonyl (C=O) groups excluding carboxylic acids is 1. The lowest BCUT2D eigenvalue weighted by Gasteiger charge is -2.54. The molecule has 2 heterocycles. The van der Waals surface area contributed by atoms with Gasteiger partial charge < -0.3 is 14.2 Å². The molecule has 0 aromatic carbocycles. The number of esters is 1. The van der Waals surface area contributed by atoms with Crippen LogP contribution in [0.2, 0.25) is 0 Å². The van der Waals surface area contributed by atoms with Crippen molar-refractivity contribution in [3.63, 3.8) is 0 Å². The second-order valence-electron chi connectivity index (χ2n) is 7.56. The third-order valence-corrected chi connectivity index (χ3v) is 7.17. The molecule has 0 unspecified atom stereocenters. The predicted molar refractivity (Wildman–Crippen MR) is 87.0 cm³/mol. The van der Waals surface area contributed by atoms with Crippen molar-refractivity contribution in [2.24, 2.45) is 11.3 Å². The van der Waals surface area contributed by atoms with Gasteiger partial charge in [0.2, 0.25) is 0 Å². The molecule has 3 rings (SSSR count). The Labute approximate surface area is 140 Å². The highest BCUT2D eigenvalue weighted by molar-refractivity contribution is 9.09. The molecule has 0 aromatic heterocycles. The van der Waals surface area contributed by atoms with Crippen molar-refractivity contribution in [3.05, 3.63) is 11.6 Å². The zero-order chi connectivity index (χ0) is 16.1. The van der Waals surface area contributed by atoms with E-state index >= 15 is 0 Å². The molecule has 124 valence electrons. The molecule has 0 amide bonds. The van der Waals surface area contributed by atoms with Crippen LogP contribution in [0.3, 0.4) is 0 Å². The van der Waals surface area contributed by atoms with Crippen LogP contribution in [0.15, 0.2) is 11.6 Å². The summed E-state index contributed by atoms with van der Waals surface area (Å²) in [5.74, 6) is -0.130. The summed E-state index contributed by atoms with van der Waals surface area (Å²) in [5, 5.41) is 0. The number of hydrogen-bond acceptors (Lipinski definition) is 4. The molecule has 1 saturated heterocycles. The highest BCUT2D eigenvalue weighted by atomic mass is 79.9. The molecule has 0 aromatic rings. The Kier molecular flexibility index (Phi) is 4.19. The second kappa shape index (κ2) is 5.60. The maximum Gasteiger partial charge on any atom is 0.303 e. The van der Waals surface area contributed by atoms with Gasteiger partial charge in [-0.05, 0) is 36.8 Å². The topological polar surface area (TPSA) is 44.8 Å². The highest BCUT2D eigenvalue weighted by Crippen LogP contribution is 2.55. The molecule has 0 bridgehead atoms. The predicted octanol–water partition coefficient (Wildman–Crippen LogP) is 3.23. The Morgan fingerprint density at radius 2 is 2.14 bits per heavy atom. The lowest BCUT2D eigenvalue weighted by atomic mass is 9.59. The van der Waals surface area contributed by atoms with Crippen LogP contribution >= 0.6 is 15.9 Å². The monoisotopic (exact) mass is 372 g/mol. The zero-order valence-electron chi connectivity index (χ0n) is 13.7. The van der Waals surface area contributed by atoms with Crippen molar-refractivity contribution in [3.8, 4) is 0 Å². The van der Waals surface area contributed by atoms with Gasteiger partial charge in [0.05, 0.1) is 18.8 Å². The molecule has 0 radical (unpaired) electrons. The van der Waals surface area contributed by atoms with Crippen LogP contribution in [-0.4, -0.2) is 41.8 Å². The lowest BCUT2D eigenvalue weighted by Crippen LogP contribution is -2.58. The first-order valence-corrected chi connectivity index (χ1v) is 8.93. The SMILES string of the molecule is CC(=O)O[C@@H]1C=C2COC[C@@H]2O[C@@]2(C)CC[C@H](Br)C(C)(C)[C@H]12. The molecule has 1 aliphatic carbocycles. The summed E-state index contributed by atoms with van der Waals surface area (Å²) in [7, 11) is 0. The molecule has 0 spiro atoms. The van der Waals surface area contributed by atoms with E-state index in [1.807, 2.05) is 0 Å². The molecule has 2 fully saturated rings. The van der Waals surface area contributed by atoms with Gasteiger partial charge >= 0.3 is 5.97 Å². The van der Waals surface area contributed by atoms with Crippen LogP contribution in [0.4, 0.5) is 0 Å². The van der Waals surface area contributed by atoms with E-state index in [4.69, 9.17) is 14.2 Å². The Balaban J connectivity index is 2.05. The van der Waals surface area contributed by atoms with Crippen molar-refractivity contribution in [1.82, 2.24) is 0 Å². The maximum absolute atomic E-state index is 11.7. The van der Waals surface area contributed by atoms with Gasteiger partial charge in [0.15, 0.2) is 0 Å². The minimum absolute atomic E-state index is 0.00395. The number of ether oxygens (including phenoxy) is 3. The molecular formula is C17H25BrO4. The van der Waals surface area contributed by atoms with Crippen molar-refractivity contribution < 1.29 is 19.0 Å². The summed E-state index contributed by atoms with van der Waals surface area (Å²) >= 11 is 3.84. The second-order valence-corrected chi connectivity index (χ2v) is 8.66. The molecular weight excluding hydrogens is 348 g/mol. The first kappa shape index (κ1) is 16.5. The summed E-state index contributed by atoms with van der Waals surface area (Å²) in [5.41, 5.74) is 0.762. The van der Waals surface area contributed by atoms with E-state index in [1.54, 1.807) is 0 Å². The Morgan fingerprint density at radius 1 is 1.41 bits per heavy atom. The minimum atomic E-state index is -0.315. The smallest absolute Gasteiger partial charge is 0.303 e. The van der Waals surface area contributed by atoms with Gasteiger partial charge in [-0.3, -0.25) is 4.79 Å². The molecule has 2 aliphatic heterocycles. The number of fused-ring (bicyclic) bond motifs is 2. The van der Waals surface area contributed by atoms with Gasteiger partial charge in [-0.1, -0.05) is 29.8 Å². The number of rotatable bonds is 1. The number of halogens is 1. The molecule has 5 heteroatoms. The Bertz CT molecular complexity index is 501. The normalized spacial score (nSPS) is 43.6. The summed E-state index contributed by atoms with van der Waals surface area (Å²) in [4.78, 5) is 12.0. The largest absolute Gasteiger partial charge is 0.458 e. The number of carbonyl (C=O) groups is 1. The van der Waals surface area contributed by atoms with Crippen LogP contribution in [0.25, 0.3) is 0 Å². The van der Waals surface area contributed by atoms with Gasteiger partial charge in [-0.25, -0.2) is 0 Å². The minimum Gasteiger partial charge on any atom is -0.458 e. The Hall–Kier alpha value is -0.390. The van der Waals surface area contributed by atoms with E-state index in [9.17, 15) is 4.79 Å². The third kappa shape index (κ3) is 2.65. The average Bonchev–Trinajstić information content (AvgIpc) is 2.76. The summed E-state index contributed by atoms with van der Waals surface area (Å²) < 4.78 is 17.8. The van der Waals surface area contributed by atoms with Gasteiger partial charge in [-0.2, -0.15) is 0 Å². The standard InChI is InChI=1S/C17H25BrO4/c1-10(19)21-12-7-11-8-20-9-13(11)22-17(4)6-5-14(18)16(2,3)15(12)17/h7,12-15H,5-6,8-9H2,1-4H3/t12-,13+,14+,15+,17+/m1/s1. The van der Waals surface area contributed by atoms with Crippen LogP contribution in [-0.2, 0) is 19.0 Å². The number of hydrogen-bond donors (Lipinski definition) is 0. The summed E-state index contributed by atoms with van der Waals surface area (Å²) in [6, 6.07) is 0. The quantitative estimate of drug-likeness (QED) is 0.402. The highest BCUT2D eigenvalue weighted by Gasteiger charge is 2.57. The first-order valence-electron chi connectivity index (χ1n) is 8.01. The van der Waals surface area contributed by atoms with Gasteiger partial charge in [-0.15, -0.1) is 0 Å². The fourth-order valence-electron chi connectivity index (χ4n) is 4.50. The van der Waals surface area contributed by atoms with Crippen LogP contribution in [0.1, 0.15) is 40.5 Å². The fourth-order valence-corrected chi connectivity index (χ4v) is 5.01. The van der Waals surface area contributed by atoms with Crippen LogP contribution in [0, 0.1) is 11.3 Å². The van der Waals surface area contributed by atoms with Gasteiger partial charge in [0.25, 0.3) is 0 Å². The molecule has 0 N–H and O–H groups in total. The van der Waals surface area contributed by atoms with Crippen molar-refractivity contribution in [2.45, 2.75) is 63.2 Å². The van der Waals surface area contributed by atoms with Gasteiger partial charge in [0, 0.05) is 17.7 Å². The van der Waals surface area contributed by atoms with Crippen molar-refractivity contribution >= 4 is 21.9 Å². The Morgan fingerprint density at radius 3 is 2.82 bits per heavy atom. The van der Waals surface area contributed by atoms with E-state index in [0.717, 1.165) is 18.4 Å². The summed E-state index contributed by atoms with van der Waals surface area (Å²) in [6.07, 6.45) is 3.82. The molecule has 3 aliphatic rings. The van der Waals surface area contributed by atoms with E-state index in [2.05, 4.69) is 42.8 Å².